The largest absolute Gasteiger partial charge is 0.450 e. The van der Waals surface area contributed by atoms with E-state index in [0.717, 1.165) is 0 Å². The number of hydrogen-bond donors (Lipinski definition) is 2. The van der Waals surface area contributed by atoms with E-state index < -0.39 is 58.4 Å². The number of carbonyl (C=O) groups is 3. The van der Waals surface area contributed by atoms with E-state index in [9.17, 15) is 24.6 Å². The van der Waals surface area contributed by atoms with Crippen molar-refractivity contribution in [2.75, 3.05) is 6.61 Å². The molecule has 0 radical (unpaired) electrons. The summed E-state index contributed by atoms with van der Waals surface area (Å²) in [6, 6.07) is 0. The maximum absolute atomic E-state index is 17.2. The smallest absolute Gasteiger partial charge is 0.303 e. The Morgan fingerprint density at radius 2 is 1.87 bits per heavy atom. The quantitative estimate of drug-likeness (QED) is 0.657. The monoisotopic (exact) mass is 438 g/mol. The van der Waals surface area contributed by atoms with E-state index in [0.29, 0.717) is 38.5 Å². The molecule has 0 aromatic heterocycles. The lowest BCUT2D eigenvalue weighted by Gasteiger charge is -2.65. The molecule has 0 amide bonds. The molecule has 4 saturated carbocycles. The minimum Gasteiger partial charge on any atom is -0.450 e. The number of aliphatic hydroxyl groups excluding tert-OH is 2. The standard InChI is InChI=1S/C24H35FO6/c1-13-9-18-17-6-5-15-10-16(28)7-8-21(15,3)23(17,25)19(29)11-22(18,4)24(13,20(30)12-26)31-14(2)27/h13,15,17-19,26,29H,5-12H2,1-4H3/t13-,15+,17-,18-,19-,21-,22-,23-,24-/m0/s1. The summed E-state index contributed by atoms with van der Waals surface area (Å²) < 4.78 is 22.9. The zero-order valence-corrected chi connectivity index (χ0v) is 18.9. The molecule has 0 heterocycles. The Morgan fingerprint density at radius 3 is 2.48 bits per heavy atom. The molecule has 174 valence electrons. The van der Waals surface area contributed by atoms with Gasteiger partial charge in [0, 0.05) is 36.5 Å². The SMILES string of the molecule is CC(=O)O[C@]1(C(=O)CO)[C@@H](C)C[C@H]2[C@@H]3CC[C@@H]4CC(=O)CC[C@]4(C)[C@@]3(F)[C@@H](O)C[C@@]21C. The number of aliphatic hydroxyl groups is 2. The van der Waals surface area contributed by atoms with Crippen LogP contribution in [0.3, 0.4) is 0 Å². The molecule has 31 heavy (non-hydrogen) atoms. The number of hydrogen-bond acceptors (Lipinski definition) is 6. The van der Waals surface area contributed by atoms with Gasteiger partial charge in [0.25, 0.3) is 0 Å². The second-order valence-electron chi connectivity index (χ2n) is 11.1. The Labute approximate surface area is 182 Å². The maximum atomic E-state index is 17.2. The van der Waals surface area contributed by atoms with E-state index in [2.05, 4.69) is 0 Å². The van der Waals surface area contributed by atoms with Gasteiger partial charge in [-0.25, -0.2) is 4.39 Å². The molecule has 7 heteroatoms. The van der Waals surface area contributed by atoms with Crippen LogP contribution in [-0.4, -0.2) is 51.7 Å². The molecule has 0 unspecified atom stereocenters. The number of alkyl halides is 1. The van der Waals surface area contributed by atoms with Crippen LogP contribution in [0.2, 0.25) is 0 Å². The van der Waals surface area contributed by atoms with E-state index in [-0.39, 0.29) is 24.0 Å². The molecule has 0 saturated heterocycles. The zero-order valence-electron chi connectivity index (χ0n) is 18.9. The van der Waals surface area contributed by atoms with Crippen molar-refractivity contribution in [2.45, 2.75) is 90.0 Å². The van der Waals surface area contributed by atoms with Gasteiger partial charge < -0.3 is 14.9 Å². The highest BCUT2D eigenvalue weighted by molar-refractivity contribution is 5.92. The minimum atomic E-state index is -1.87. The number of esters is 1. The molecule has 4 rings (SSSR count). The Hall–Kier alpha value is -1.34. The third-order valence-corrected chi connectivity index (χ3v) is 9.96. The predicted molar refractivity (Wildman–Crippen MR) is 110 cm³/mol. The lowest BCUT2D eigenvalue weighted by Crippen LogP contribution is -2.71. The molecule has 9 atom stereocenters. The van der Waals surface area contributed by atoms with Gasteiger partial charge in [-0.1, -0.05) is 20.8 Å². The minimum absolute atomic E-state index is 0.0235. The number of carbonyl (C=O) groups excluding carboxylic acids is 3. The van der Waals surface area contributed by atoms with Crippen LogP contribution in [0.4, 0.5) is 4.39 Å². The van der Waals surface area contributed by atoms with Crippen LogP contribution in [-0.2, 0) is 19.1 Å². The number of ketones is 2. The van der Waals surface area contributed by atoms with E-state index >= 15 is 4.39 Å². The highest BCUT2D eigenvalue weighted by atomic mass is 19.1. The topological polar surface area (TPSA) is 101 Å². The number of rotatable bonds is 3. The number of ether oxygens (including phenoxy) is 1. The fourth-order valence-corrected chi connectivity index (χ4v) is 8.58. The van der Waals surface area contributed by atoms with Gasteiger partial charge in [0.2, 0.25) is 5.78 Å². The Bertz CT molecular complexity index is 814. The average molecular weight is 439 g/mol. The molecule has 2 N–H and O–H groups in total. The van der Waals surface area contributed by atoms with Gasteiger partial charge in [0.05, 0.1) is 6.10 Å². The third-order valence-electron chi connectivity index (χ3n) is 9.96. The molecule has 4 aliphatic carbocycles. The van der Waals surface area contributed by atoms with Crippen molar-refractivity contribution in [3.8, 4) is 0 Å². The first-order valence-corrected chi connectivity index (χ1v) is 11.6. The molecular weight excluding hydrogens is 403 g/mol. The van der Waals surface area contributed by atoms with Gasteiger partial charge in [-0.2, -0.15) is 0 Å². The summed E-state index contributed by atoms with van der Waals surface area (Å²) in [5, 5.41) is 21.1. The summed E-state index contributed by atoms with van der Waals surface area (Å²) in [6.07, 6.45) is 1.47. The van der Waals surface area contributed by atoms with Gasteiger partial charge in [0.15, 0.2) is 5.60 Å². The second-order valence-corrected chi connectivity index (χ2v) is 11.1. The van der Waals surface area contributed by atoms with Crippen molar-refractivity contribution >= 4 is 17.5 Å². The third kappa shape index (κ3) is 2.65. The number of halogens is 1. The molecule has 0 spiro atoms. The van der Waals surface area contributed by atoms with Gasteiger partial charge >= 0.3 is 5.97 Å². The van der Waals surface area contributed by atoms with Crippen LogP contribution in [0, 0.1) is 34.5 Å². The summed E-state index contributed by atoms with van der Waals surface area (Å²) in [6.45, 7) is 5.99. The van der Waals surface area contributed by atoms with Crippen molar-refractivity contribution < 1.29 is 33.7 Å². The zero-order chi connectivity index (χ0) is 23.0. The van der Waals surface area contributed by atoms with Crippen molar-refractivity contribution in [1.29, 1.82) is 0 Å². The average Bonchev–Trinajstić information content (AvgIpc) is 2.90. The summed E-state index contributed by atoms with van der Waals surface area (Å²) in [5.74, 6) is -2.31. The van der Waals surface area contributed by atoms with Crippen LogP contribution < -0.4 is 0 Å². The molecule has 0 aliphatic heterocycles. The molecule has 4 fully saturated rings. The van der Waals surface area contributed by atoms with Gasteiger partial charge in [0.1, 0.15) is 18.1 Å². The lowest BCUT2D eigenvalue weighted by molar-refractivity contribution is -0.257. The molecule has 0 aromatic carbocycles. The van der Waals surface area contributed by atoms with Gasteiger partial charge in [-0.05, 0) is 49.9 Å². The van der Waals surface area contributed by atoms with Crippen LogP contribution in [0.25, 0.3) is 0 Å². The number of Topliss-reactive ketones (excluding diaryl/α,β-unsaturated/α-hetero) is 2. The van der Waals surface area contributed by atoms with E-state index in [1.165, 1.54) is 6.92 Å². The normalized spacial score (nSPS) is 51.5. The number of fused-ring (bicyclic) bond motifs is 5. The molecular formula is C24H35FO6. The first-order chi connectivity index (χ1) is 14.4. The predicted octanol–water partition coefficient (Wildman–Crippen LogP) is 2.77. The van der Waals surface area contributed by atoms with Crippen molar-refractivity contribution in [2.24, 2.45) is 34.5 Å². The van der Waals surface area contributed by atoms with Crippen molar-refractivity contribution in [3.05, 3.63) is 0 Å². The summed E-state index contributed by atoms with van der Waals surface area (Å²) in [5.41, 5.74) is -5.23. The first-order valence-electron chi connectivity index (χ1n) is 11.6. The molecule has 4 aliphatic rings. The van der Waals surface area contributed by atoms with Crippen molar-refractivity contribution in [1.82, 2.24) is 0 Å². The molecule has 0 bridgehead atoms. The van der Waals surface area contributed by atoms with E-state index in [1.54, 1.807) is 0 Å². The molecule has 6 nitrogen and oxygen atoms in total. The van der Waals surface area contributed by atoms with Gasteiger partial charge in [-0.15, -0.1) is 0 Å². The highest BCUT2D eigenvalue weighted by Gasteiger charge is 2.77. The summed E-state index contributed by atoms with van der Waals surface area (Å²) >= 11 is 0. The Morgan fingerprint density at radius 1 is 1.19 bits per heavy atom. The lowest BCUT2D eigenvalue weighted by atomic mass is 9.42. The van der Waals surface area contributed by atoms with Crippen LogP contribution in [0.15, 0.2) is 0 Å². The fraction of sp³-hybridized carbons (Fsp3) is 0.875. The van der Waals surface area contributed by atoms with Crippen molar-refractivity contribution in [3.63, 3.8) is 0 Å². The van der Waals surface area contributed by atoms with Crippen LogP contribution in [0.5, 0.6) is 0 Å². The molecule has 0 aromatic rings. The van der Waals surface area contributed by atoms with E-state index in [1.807, 2.05) is 20.8 Å². The first kappa shape index (κ1) is 22.8. The van der Waals surface area contributed by atoms with Gasteiger partial charge in [-0.3, -0.25) is 14.4 Å². The summed E-state index contributed by atoms with van der Waals surface area (Å²) in [4.78, 5) is 37.2. The Balaban J connectivity index is 1.82. The van der Waals surface area contributed by atoms with Crippen LogP contribution in [0.1, 0.15) is 72.6 Å². The van der Waals surface area contributed by atoms with Crippen LogP contribution >= 0.6 is 0 Å². The maximum Gasteiger partial charge on any atom is 0.303 e. The second kappa shape index (κ2) is 7.08. The fourth-order valence-electron chi connectivity index (χ4n) is 8.58. The summed E-state index contributed by atoms with van der Waals surface area (Å²) in [7, 11) is 0. The highest BCUT2D eigenvalue weighted by Crippen LogP contribution is 2.72. The van der Waals surface area contributed by atoms with E-state index in [4.69, 9.17) is 4.74 Å². The Kier molecular flexibility index (Phi) is 5.21.